The van der Waals surface area contributed by atoms with Gasteiger partial charge in [-0.05, 0) is 68.8 Å². The monoisotopic (exact) mass is 394 g/mol. The zero-order valence-electron chi connectivity index (χ0n) is 17.5. The SMILES string of the molecule is Cc1ccc(CCCNC(=O)N2CCC(Nc3ccc(CCN)cc3)CC2)cc1. The highest BCUT2D eigenvalue weighted by Gasteiger charge is 2.22. The van der Waals surface area contributed by atoms with Crippen LogP contribution in [0.5, 0.6) is 0 Å². The van der Waals surface area contributed by atoms with Crippen LogP contribution in [0, 0.1) is 6.92 Å². The molecule has 0 aromatic heterocycles. The smallest absolute Gasteiger partial charge is 0.317 e. The fourth-order valence-corrected chi connectivity index (χ4v) is 3.75. The molecule has 0 bridgehead atoms. The molecule has 1 aliphatic heterocycles. The van der Waals surface area contributed by atoms with Gasteiger partial charge in [-0.2, -0.15) is 0 Å². The molecule has 1 saturated heterocycles. The molecule has 0 radical (unpaired) electrons. The number of nitrogens with two attached hydrogens (primary N) is 1. The summed E-state index contributed by atoms with van der Waals surface area (Å²) in [5.41, 5.74) is 10.6. The number of amides is 2. The molecule has 2 amide bonds. The molecule has 2 aromatic rings. The first-order chi connectivity index (χ1) is 14.1. The van der Waals surface area contributed by atoms with Crippen LogP contribution in [0.2, 0.25) is 0 Å². The maximum atomic E-state index is 12.4. The average Bonchev–Trinajstić information content (AvgIpc) is 2.74. The van der Waals surface area contributed by atoms with Gasteiger partial charge in [-0.3, -0.25) is 0 Å². The number of nitrogens with zero attached hydrogens (tertiary/aromatic N) is 1. The Labute approximate surface area is 174 Å². The van der Waals surface area contributed by atoms with E-state index in [1.54, 1.807) is 0 Å². The topological polar surface area (TPSA) is 70.4 Å². The van der Waals surface area contributed by atoms with Gasteiger partial charge in [0.2, 0.25) is 0 Å². The molecule has 1 aliphatic rings. The van der Waals surface area contributed by atoms with Crippen LogP contribution < -0.4 is 16.4 Å². The third-order valence-electron chi connectivity index (χ3n) is 5.58. The van der Waals surface area contributed by atoms with Crippen LogP contribution in [0.15, 0.2) is 48.5 Å². The minimum absolute atomic E-state index is 0.0680. The minimum Gasteiger partial charge on any atom is -0.382 e. The predicted molar refractivity (Wildman–Crippen MR) is 120 cm³/mol. The van der Waals surface area contributed by atoms with Crippen molar-refractivity contribution in [1.29, 1.82) is 0 Å². The third-order valence-corrected chi connectivity index (χ3v) is 5.58. The van der Waals surface area contributed by atoms with E-state index in [4.69, 9.17) is 5.73 Å². The van der Waals surface area contributed by atoms with Crippen LogP contribution in [0.4, 0.5) is 10.5 Å². The first-order valence-electron chi connectivity index (χ1n) is 10.8. The zero-order chi connectivity index (χ0) is 20.5. The van der Waals surface area contributed by atoms with E-state index in [0.29, 0.717) is 12.6 Å². The normalized spacial score (nSPS) is 14.6. The lowest BCUT2D eigenvalue weighted by atomic mass is 10.0. The van der Waals surface area contributed by atoms with Gasteiger partial charge in [-0.15, -0.1) is 0 Å². The van der Waals surface area contributed by atoms with Gasteiger partial charge in [0.05, 0.1) is 0 Å². The van der Waals surface area contributed by atoms with Gasteiger partial charge >= 0.3 is 6.03 Å². The summed E-state index contributed by atoms with van der Waals surface area (Å²) in [5, 5.41) is 6.67. The van der Waals surface area contributed by atoms with Gasteiger partial charge in [0.1, 0.15) is 0 Å². The van der Waals surface area contributed by atoms with Crippen molar-refractivity contribution in [2.24, 2.45) is 5.73 Å². The molecule has 3 rings (SSSR count). The lowest BCUT2D eigenvalue weighted by Crippen LogP contribution is -2.47. The molecular formula is C24H34N4O. The molecule has 29 heavy (non-hydrogen) atoms. The third kappa shape index (κ3) is 6.79. The van der Waals surface area contributed by atoms with E-state index < -0.39 is 0 Å². The fourth-order valence-electron chi connectivity index (χ4n) is 3.75. The van der Waals surface area contributed by atoms with Crippen molar-refractivity contribution in [3.63, 3.8) is 0 Å². The summed E-state index contributed by atoms with van der Waals surface area (Å²) in [6.07, 6.45) is 4.82. The molecule has 0 unspecified atom stereocenters. The lowest BCUT2D eigenvalue weighted by Gasteiger charge is -2.33. The van der Waals surface area contributed by atoms with Gasteiger partial charge in [0, 0.05) is 31.4 Å². The Balaban J connectivity index is 1.33. The quantitative estimate of drug-likeness (QED) is 0.598. The summed E-state index contributed by atoms with van der Waals surface area (Å²) < 4.78 is 0. The summed E-state index contributed by atoms with van der Waals surface area (Å²) in [5.74, 6) is 0. The molecule has 2 aromatic carbocycles. The summed E-state index contributed by atoms with van der Waals surface area (Å²) in [7, 11) is 0. The van der Waals surface area contributed by atoms with Crippen molar-refractivity contribution in [3.05, 3.63) is 65.2 Å². The van der Waals surface area contributed by atoms with Crippen LogP contribution in [0.3, 0.4) is 0 Å². The van der Waals surface area contributed by atoms with Crippen molar-refractivity contribution < 1.29 is 4.79 Å². The molecule has 1 fully saturated rings. The highest BCUT2D eigenvalue weighted by atomic mass is 16.2. The zero-order valence-corrected chi connectivity index (χ0v) is 17.5. The highest BCUT2D eigenvalue weighted by molar-refractivity contribution is 5.74. The summed E-state index contributed by atoms with van der Waals surface area (Å²) in [6.45, 7) is 5.10. The number of hydrogen-bond donors (Lipinski definition) is 3. The Morgan fingerprint density at radius 2 is 1.62 bits per heavy atom. The number of nitrogens with one attached hydrogen (secondary N) is 2. The molecule has 1 heterocycles. The molecule has 5 heteroatoms. The standard InChI is InChI=1S/C24H34N4O/c1-19-4-6-20(7-5-19)3-2-16-26-24(29)28-17-13-23(14-18-28)27-22-10-8-21(9-11-22)12-15-25/h4-11,23,27H,2-3,12-18,25H2,1H3,(H,26,29). The molecule has 156 valence electrons. The molecule has 0 atom stereocenters. The van der Waals surface area contributed by atoms with Crippen LogP contribution >= 0.6 is 0 Å². The number of anilines is 1. The van der Waals surface area contributed by atoms with Crippen LogP contribution in [-0.4, -0.2) is 43.2 Å². The molecule has 0 saturated carbocycles. The van der Waals surface area contributed by atoms with E-state index in [-0.39, 0.29) is 6.03 Å². The van der Waals surface area contributed by atoms with Crippen LogP contribution in [-0.2, 0) is 12.8 Å². The highest BCUT2D eigenvalue weighted by Crippen LogP contribution is 2.17. The number of rotatable bonds is 8. The van der Waals surface area contributed by atoms with Gasteiger partial charge in [0.25, 0.3) is 0 Å². The Morgan fingerprint density at radius 1 is 1.00 bits per heavy atom. The van der Waals surface area contributed by atoms with Gasteiger partial charge in [0.15, 0.2) is 0 Å². The van der Waals surface area contributed by atoms with E-state index in [1.165, 1.54) is 16.7 Å². The second-order valence-electron chi connectivity index (χ2n) is 7.96. The number of carbonyl (C=O) groups excluding carboxylic acids is 1. The number of piperidine rings is 1. The van der Waals surface area contributed by atoms with Gasteiger partial charge < -0.3 is 21.3 Å². The van der Waals surface area contributed by atoms with E-state index in [2.05, 4.69) is 66.1 Å². The van der Waals surface area contributed by atoms with E-state index in [0.717, 1.165) is 57.4 Å². The van der Waals surface area contributed by atoms with Crippen molar-refractivity contribution in [3.8, 4) is 0 Å². The number of hydrogen-bond acceptors (Lipinski definition) is 3. The first kappa shape index (κ1) is 21.2. The number of urea groups is 1. The minimum atomic E-state index is 0.0680. The second-order valence-corrected chi connectivity index (χ2v) is 7.96. The maximum Gasteiger partial charge on any atom is 0.317 e. The molecule has 0 aliphatic carbocycles. The largest absolute Gasteiger partial charge is 0.382 e. The lowest BCUT2D eigenvalue weighted by molar-refractivity contribution is 0.183. The summed E-state index contributed by atoms with van der Waals surface area (Å²) in [4.78, 5) is 14.3. The Hall–Kier alpha value is -2.53. The summed E-state index contributed by atoms with van der Waals surface area (Å²) in [6, 6.07) is 17.6. The van der Waals surface area contributed by atoms with Crippen LogP contribution in [0.1, 0.15) is 36.0 Å². The predicted octanol–water partition coefficient (Wildman–Crippen LogP) is 3.71. The first-order valence-corrected chi connectivity index (χ1v) is 10.8. The van der Waals surface area contributed by atoms with Crippen molar-refractivity contribution in [2.45, 2.75) is 45.1 Å². The average molecular weight is 395 g/mol. The fraction of sp³-hybridized carbons (Fsp3) is 0.458. The second kappa shape index (κ2) is 10.9. The number of carbonyl (C=O) groups is 1. The van der Waals surface area contributed by atoms with E-state index in [1.807, 2.05) is 4.90 Å². The van der Waals surface area contributed by atoms with E-state index in [9.17, 15) is 4.79 Å². The summed E-state index contributed by atoms with van der Waals surface area (Å²) >= 11 is 0. The van der Waals surface area contributed by atoms with Gasteiger partial charge in [-0.25, -0.2) is 4.79 Å². The van der Waals surface area contributed by atoms with Crippen molar-refractivity contribution in [2.75, 3.05) is 31.5 Å². The van der Waals surface area contributed by atoms with Crippen molar-refractivity contribution in [1.82, 2.24) is 10.2 Å². The van der Waals surface area contributed by atoms with Crippen molar-refractivity contribution >= 4 is 11.7 Å². The molecular weight excluding hydrogens is 360 g/mol. The Morgan fingerprint density at radius 3 is 2.28 bits per heavy atom. The molecule has 4 N–H and O–H groups in total. The Kier molecular flexibility index (Phi) is 7.94. The van der Waals surface area contributed by atoms with Gasteiger partial charge in [-0.1, -0.05) is 42.0 Å². The van der Waals surface area contributed by atoms with E-state index >= 15 is 0 Å². The molecule has 5 nitrogen and oxygen atoms in total. The number of benzene rings is 2. The number of likely N-dealkylation sites (tertiary alicyclic amines) is 1. The Bertz CT molecular complexity index is 749. The number of aryl methyl sites for hydroxylation is 2. The maximum absolute atomic E-state index is 12.4. The molecule has 0 spiro atoms. The van der Waals surface area contributed by atoms with Crippen LogP contribution in [0.25, 0.3) is 0 Å².